The Balaban J connectivity index is 1.25. The number of benzene rings is 2. The quantitative estimate of drug-likeness (QED) is 0.244. The minimum Gasteiger partial charge on any atom is -0.396 e. The van der Waals surface area contributed by atoms with Crippen molar-refractivity contribution in [2.24, 2.45) is 0 Å². The van der Waals surface area contributed by atoms with E-state index in [1.165, 1.54) is 22.6 Å². The van der Waals surface area contributed by atoms with E-state index in [0.717, 1.165) is 19.3 Å². The van der Waals surface area contributed by atoms with Gasteiger partial charge < -0.3 is 16.4 Å². The number of nitrogens with two attached hydrogens (primary N) is 1. The zero-order valence-corrected chi connectivity index (χ0v) is 23.9. The number of halogens is 1. The molecule has 2 atom stereocenters. The number of aromatic nitrogens is 5. The van der Waals surface area contributed by atoms with Crippen LogP contribution in [0.1, 0.15) is 36.3 Å². The summed E-state index contributed by atoms with van der Waals surface area (Å²) in [7, 11) is -3.87. The van der Waals surface area contributed by atoms with Gasteiger partial charge >= 0.3 is 0 Å². The van der Waals surface area contributed by atoms with Crippen LogP contribution in [0.2, 0.25) is 5.02 Å². The van der Waals surface area contributed by atoms with Gasteiger partial charge in [-0.2, -0.15) is 0 Å². The maximum Gasteiger partial charge on any atom is 0.289 e. The normalized spacial score (nSPS) is 17.2. The van der Waals surface area contributed by atoms with Crippen molar-refractivity contribution in [1.82, 2.24) is 29.2 Å². The molecular formula is C29H27ClN8O3S. The second-order valence-electron chi connectivity index (χ2n) is 10.1. The van der Waals surface area contributed by atoms with E-state index in [1.807, 2.05) is 12.1 Å². The summed E-state index contributed by atoms with van der Waals surface area (Å²) >= 11 is 6.58. The van der Waals surface area contributed by atoms with Gasteiger partial charge in [0.25, 0.3) is 15.9 Å². The third-order valence-corrected chi connectivity index (χ3v) is 9.16. The van der Waals surface area contributed by atoms with E-state index >= 15 is 0 Å². The lowest BCUT2D eigenvalue weighted by Gasteiger charge is -2.30. The first-order valence-corrected chi connectivity index (χ1v) is 15.2. The molecule has 0 radical (unpaired) electrons. The van der Waals surface area contributed by atoms with Crippen molar-refractivity contribution in [2.75, 3.05) is 11.1 Å². The maximum atomic E-state index is 13.6. The lowest BCUT2D eigenvalue weighted by atomic mass is 9.91. The fraction of sp³-hybridized carbons (Fsp3) is 0.207. The van der Waals surface area contributed by atoms with Crippen LogP contribution in [0.3, 0.4) is 0 Å². The molecule has 1 saturated carbocycles. The van der Waals surface area contributed by atoms with Gasteiger partial charge in [-0.1, -0.05) is 48.0 Å². The molecule has 0 saturated heterocycles. The molecule has 1 aliphatic carbocycles. The number of nitrogens with zero attached hydrogens (tertiary/aromatic N) is 5. The Bertz CT molecular complexity index is 1860. The molecule has 2 aromatic carbocycles. The number of nitrogen functional groups attached to an aromatic ring is 1. The van der Waals surface area contributed by atoms with Gasteiger partial charge in [-0.15, -0.1) is 0 Å². The lowest BCUT2D eigenvalue weighted by molar-refractivity contribution is 0.0916. The highest BCUT2D eigenvalue weighted by Crippen LogP contribution is 2.36. The minimum atomic E-state index is -3.87. The van der Waals surface area contributed by atoms with Gasteiger partial charge in [0.15, 0.2) is 0 Å². The van der Waals surface area contributed by atoms with E-state index in [4.69, 9.17) is 22.3 Å². The summed E-state index contributed by atoms with van der Waals surface area (Å²) in [5.41, 5.74) is 7.49. The van der Waals surface area contributed by atoms with Gasteiger partial charge in [-0.05, 0) is 43.9 Å². The molecule has 0 spiro atoms. The Morgan fingerprint density at radius 1 is 0.952 bits per heavy atom. The Kier molecular flexibility index (Phi) is 7.48. The van der Waals surface area contributed by atoms with Crippen LogP contribution in [-0.4, -0.2) is 50.3 Å². The van der Waals surface area contributed by atoms with E-state index < -0.39 is 10.0 Å². The van der Waals surface area contributed by atoms with E-state index in [1.54, 1.807) is 48.7 Å². The summed E-state index contributed by atoms with van der Waals surface area (Å²) in [6.45, 7) is 0. The summed E-state index contributed by atoms with van der Waals surface area (Å²) in [6.07, 6.45) is 9.07. The second kappa shape index (κ2) is 11.4. The number of fused-ring (bicyclic) bond motifs is 1. The second-order valence-corrected chi connectivity index (χ2v) is 12.3. The average molecular weight is 603 g/mol. The van der Waals surface area contributed by atoms with Crippen molar-refractivity contribution in [3.8, 4) is 11.3 Å². The third-order valence-electron chi connectivity index (χ3n) is 7.19. The molecule has 1 aliphatic rings. The van der Waals surface area contributed by atoms with Crippen LogP contribution in [0.4, 0.5) is 11.6 Å². The summed E-state index contributed by atoms with van der Waals surface area (Å²) in [4.78, 5) is 29.9. The number of amides is 1. The highest BCUT2D eigenvalue weighted by atomic mass is 35.5. The van der Waals surface area contributed by atoms with Gasteiger partial charge in [-0.3, -0.25) is 4.79 Å². The average Bonchev–Trinajstić information content (AvgIpc) is 3.39. The summed E-state index contributed by atoms with van der Waals surface area (Å²) < 4.78 is 28.4. The Morgan fingerprint density at radius 3 is 2.45 bits per heavy atom. The van der Waals surface area contributed by atoms with Gasteiger partial charge in [0.2, 0.25) is 11.8 Å². The van der Waals surface area contributed by atoms with Crippen molar-refractivity contribution in [3.63, 3.8) is 0 Å². The fourth-order valence-corrected chi connectivity index (χ4v) is 6.79. The number of anilines is 2. The summed E-state index contributed by atoms with van der Waals surface area (Å²) in [6, 6.07) is 15.4. The Hall–Kier alpha value is -4.55. The van der Waals surface area contributed by atoms with Gasteiger partial charge in [-0.25, -0.2) is 32.3 Å². The molecule has 0 aliphatic heterocycles. The smallest absolute Gasteiger partial charge is 0.289 e. The summed E-state index contributed by atoms with van der Waals surface area (Å²) in [5, 5.41) is 7.35. The first-order valence-electron chi connectivity index (χ1n) is 13.4. The molecule has 42 heavy (non-hydrogen) atoms. The predicted molar refractivity (Wildman–Crippen MR) is 161 cm³/mol. The van der Waals surface area contributed by atoms with Crippen LogP contribution >= 0.6 is 11.6 Å². The van der Waals surface area contributed by atoms with Crippen LogP contribution in [0.25, 0.3) is 22.2 Å². The monoisotopic (exact) mass is 602 g/mol. The number of carbonyl (C=O) groups excluding carboxylic acids is 1. The highest BCUT2D eigenvalue weighted by molar-refractivity contribution is 7.90. The highest BCUT2D eigenvalue weighted by Gasteiger charge is 2.26. The van der Waals surface area contributed by atoms with Crippen LogP contribution in [-0.2, 0) is 10.0 Å². The van der Waals surface area contributed by atoms with Crippen LogP contribution in [0.15, 0.2) is 84.3 Å². The van der Waals surface area contributed by atoms with E-state index in [0.29, 0.717) is 40.2 Å². The number of nitrogens with one attached hydrogen (secondary N) is 2. The Labute approximate surface area is 247 Å². The number of hydrogen-bond acceptors (Lipinski definition) is 9. The maximum absolute atomic E-state index is 13.6. The van der Waals surface area contributed by atoms with E-state index in [2.05, 4.69) is 25.6 Å². The van der Waals surface area contributed by atoms with Crippen LogP contribution < -0.4 is 16.4 Å². The van der Waals surface area contributed by atoms with Gasteiger partial charge in [0.1, 0.15) is 0 Å². The lowest BCUT2D eigenvalue weighted by Crippen LogP contribution is -2.42. The van der Waals surface area contributed by atoms with Crippen molar-refractivity contribution in [3.05, 3.63) is 90.2 Å². The first kappa shape index (κ1) is 27.6. The van der Waals surface area contributed by atoms with E-state index in [9.17, 15) is 13.2 Å². The van der Waals surface area contributed by atoms with Crippen molar-refractivity contribution >= 4 is 50.1 Å². The van der Waals surface area contributed by atoms with Crippen LogP contribution in [0.5, 0.6) is 0 Å². The Morgan fingerprint density at radius 2 is 1.67 bits per heavy atom. The van der Waals surface area contributed by atoms with Crippen molar-refractivity contribution in [2.45, 2.75) is 42.7 Å². The molecule has 5 aromatic rings. The minimum absolute atomic E-state index is 0.00906. The van der Waals surface area contributed by atoms with E-state index in [-0.39, 0.29) is 33.7 Å². The molecule has 13 heteroatoms. The number of carbonyl (C=O) groups is 1. The largest absolute Gasteiger partial charge is 0.396 e. The predicted octanol–water partition coefficient (Wildman–Crippen LogP) is 4.51. The number of rotatable bonds is 7. The topological polar surface area (TPSA) is 158 Å². The van der Waals surface area contributed by atoms with Gasteiger partial charge in [0.05, 0.1) is 45.4 Å². The number of hydrogen-bond donors (Lipinski definition) is 3. The first-order chi connectivity index (χ1) is 20.3. The third kappa shape index (κ3) is 5.50. The molecule has 1 amide bonds. The molecule has 0 unspecified atom stereocenters. The molecule has 1 fully saturated rings. The fourth-order valence-electron chi connectivity index (χ4n) is 5.21. The van der Waals surface area contributed by atoms with Crippen LogP contribution in [0, 0.1) is 0 Å². The molecular weight excluding hydrogens is 576 g/mol. The molecule has 4 N–H and O–H groups in total. The zero-order valence-electron chi connectivity index (χ0n) is 22.3. The molecule has 3 aromatic heterocycles. The van der Waals surface area contributed by atoms with Crippen molar-refractivity contribution in [1.29, 1.82) is 0 Å². The molecule has 214 valence electrons. The standard InChI is InChI=1S/C29H27ClN8O3S/c30-24-16-34-29(36-20-8-6-7-19(13-20)35-28(39)27-32-14-18(31)15-33-27)37-26(24)23-17-38(25-12-5-4-11-22(23)25)42(40,41)21-9-2-1-3-10-21/h1-5,9-12,14-17,19-20H,6-8,13,31H2,(H,35,39)(H,34,36,37)/t19-,20+/m0/s1. The molecule has 6 rings (SSSR count). The molecule has 0 bridgehead atoms. The number of para-hydroxylation sites is 1. The van der Waals surface area contributed by atoms with Crippen molar-refractivity contribution < 1.29 is 13.2 Å². The summed E-state index contributed by atoms with van der Waals surface area (Å²) in [5.74, 6) is 0.0712. The molecule has 11 nitrogen and oxygen atoms in total. The SMILES string of the molecule is Nc1cnc(C(=O)N[C@H]2CCC[C@@H](Nc3ncc(Cl)c(-c4cn(S(=O)(=O)c5ccccc5)c5ccccc45)n3)C2)nc1. The van der Waals surface area contributed by atoms with Gasteiger partial charge in [0, 0.05) is 29.2 Å². The zero-order chi connectivity index (χ0) is 29.3. The molecule has 3 heterocycles.